The Morgan fingerprint density at radius 1 is 1.10 bits per heavy atom. The maximum atomic E-state index is 13.5. The lowest BCUT2D eigenvalue weighted by atomic mass is 10.1. The molecule has 0 aliphatic heterocycles. The number of nitro benzene ring substituents is 1. The minimum absolute atomic E-state index is 0.0541. The fraction of sp³-hybridized carbons (Fsp3) is 0.542. The van der Waals surface area contributed by atoms with Gasteiger partial charge in [0, 0.05) is 30.5 Å². The molecule has 0 aliphatic rings. The molecule has 0 atom stereocenters. The van der Waals surface area contributed by atoms with E-state index in [2.05, 4.69) is 13.8 Å². The van der Waals surface area contributed by atoms with E-state index in [4.69, 9.17) is 9.47 Å². The van der Waals surface area contributed by atoms with Crippen LogP contribution < -0.4 is 15.0 Å². The molecule has 0 saturated heterocycles. The van der Waals surface area contributed by atoms with E-state index in [0.717, 1.165) is 38.5 Å². The zero-order chi connectivity index (χ0) is 22.8. The number of unbranched alkanes of at least 4 members (excludes halogenated alkanes) is 4. The van der Waals surface area contributed by atoms with Crippen molar-refractivity contribution in [2.24, 2.45) is 0 Å². The van der Waals surface area contributed by atoms with Gasteiger partial charge in [-0.25, -0.2) is 0 Å². The van der Waals surface area contributed by atoms with Crippen molar-refractivity contribution < 1.29 is 14.4 Å². The molecule has 2 aromatic rings. The van der Waals surface area contributed by atoms with Gasteiger partial charge in [0.1, 0.15) is 0 Å². The van der Waals surface area contributed by atoms with E-state index < -0.39 is 4.92 Å². The van der Waals surface area contributed by atoms with Crippen LogP contribution >= 0.6 is 0 Å². The lowest BCUT2D eigenvalue weighted by Gasteiger charge is -2.19. The Labute approximate surface area is 183 Å². The van der Waals surface area contributed by atoms with Crippen LogP contribution in [-0.4, -0.2) is 16.1 Å². The summed E-state index contributed by atoms with van der Waals surface area (Å²) in [5.74, 6) is 1.23. The number of allylic oxidation sites excluding steroid dienone is 2. The number of aryl methyl sites for hydroxylation is 1. The number of aromatic nitrogens is 1. The van der Waals surface area contributed by atoms with Crippen LogP contribution in [0.1, 0.15) is 72.6 Å². The Kier molecular flexibility index (Phi) is 9.56. The summed E-state index contributed by atoms with van der Waals surface area (Å²) >= 11 is 0. The lowest BCUT2D eigenvalue weighted by molar-refractivity contribution is -0.384. The van der Waals surface area contributed by atoms with Crippen molar-refractivity contribution in [2.75, 3.05) is 6.61 Å². The summed E-state index contributed by atoms with van der Waals surface area (Å²) in [5, 5.41) is 12.0. The molecule has 1 heterocycles. The zero-order valence-corrected chi connectivity index (χ0v) is 19.1. The number of pyridine rings is 1. The van der Waals surface area contributed by atoms with Crippen molar-refractivity contribution in [1.82, 2.24) is 4.57 Å². The molecule has 0 saturated carbocycles. The molecule has 31 heavy (non-hydrogen) atoms. The molecule has 0 bridgehead atoms. The van der Waals surface area contributed by atoms with Crippen LogP contribution in [0.4, 0.5) is 5.69 Å². The largest absolute Gasteiger partial charge is 0.485 e. The number of hydrogen-bond acceptors (Lipinski definition) is 5. The lowest BCUT2D eigenvalue weighted by Crippen LogP contribution is -2.24. The van der Waals surface area contributed by atoms with Gasteiger partial charge in [-0.15, -0.1) is 0 Å². The van der Waals surface area contributed by atoms with Crippen molar-refractivity contribution in [1.29, 1.82) is 0 Å². The van der Waals surface area contributed by atoms with Gasteiger partial charge in [-0.2, -0.15) is 0 Å². The monoisotopic (exact) mass is 430 g/mol. The van der Waals surface area contributed by atoms with Crippen LogP contribution in [0, 0.1) is 10.1 Å². The van der Waals surface area contributed by atoms with Crippen molar-refractivity contribution >= 4 is 16.6 Å². The zero-order valence-electron chi connectivity index (χ0n) is 19.1. The summed E-state index contributed by atoms with van der Waals surface area (Å²) in [6.45, 7) is 8.91. The molecule has 0 N–H and O–H groups in total. The van der Waals surface area contributed by atoms with Gasteiger partial charge in [-0.3, -0.25) is 14.9 Å². The molecule has 0 radical (unpaired) electrons. The smallest absolute Gasteiger partial charge is 0.297 e. The van der Waals surface area contributed by atoms with E-state index in [1.54, 1.807) is 10.6 Å². The second-order valence-corrected chi connectivity index (χ2v) is 7.55. The van der Waals surface area contributed by atoms with E-state index in [9.17, 15) is 14.9 Å². The van der Waals surface area contributed by atoms with Gasteiger partial charge in [0.05, 0.1) is 22.8 Å². The molecule has 0 fully saturated rings. The third-order valence-electron chi connectivity index (χ3n) is 5.26. The van der Waals surface area contributed by atoms with E-state index >= 15 is 0 Å². The van der Waals surface area contributed by atoms with E-state index in [1.807, 2.05) is 19.9 Å². The standard InChI is InChI=1S/C24H34N2O5/c1-5-9-11-12-15-25-21-17-18(26(28)29)13-14-20(21)22(31-19(7-3)8-4)23(24(25)27)30-16-10-6-2/h7,13-14,17H,5-6,8-12,15-16H2,1-4H3. The van der Waals surface area contributed by atoms with Crippen molar-refractivity contribution in [2.45, 2.75) is 79.2 Å². The summed E-state index contributed by atoms with van der Waals surface area (Å²) in [4.78, 5) is 24.4. The quantitative estimate of drug-likeness (QED) is 0.160. The normalized spacial score (nSPS) is 11.7. The molecule has 0 aliphatic carbocycles. The number of ether oxygens (including phenoxy) is 2. The Balaban J connectivity index is 2.72. The first kappa shape index (κ1) is 24.4. The first-order valence-corrected chi connectivity index (χ1v) is 11.3. The highest BCUT2D eigenvalue weighted by Gasteiger charge is 2.22. The van der Waals surface area contributed by atoms with Crippen molar-refractivity contribution in [3.8, 4) is 11.5 Å². The SMILES string of the molecule is CC=C(CC)Oc1c(OCCCC)c(=O)n(CCCCCC)c2cc([N+](=O)[O-])ccc12. The molecule has 7 heteroatoms. The Morgan fingerprint density at radius 2 is 1.84 bits per heavy atom. The summed E-state index contributed by atoms with van der Waals surface area (Å²) in [7, 11) is 0. The number of nitrogens with zero attached hydrogens (tertiary/aromatic N) is 2. The number of rotatable bonds is 13. The summed E-state index contributed by atoms with van der Waals surface area (Å²) in [5.41, 5.74) is 0.142. The maximum Gasteiger partial charge on any atom is 0.297 e. The van der Waals surface area contributed by atoms with Crippen LogP contribution in [-0.2, 0) is 6.54 Å². The molecule has 0 unspecified atom stereocenters. The first-order chi connectivity index (χ1) is 15.0. The summed E-state index contributed by atoms with van der Waals surface area (Å²) in [6, 6.07) is 4.55. The highest BCUT2D eigenvalue weighted by atomic mass is 16.6. The minimum Gasteiger partial charge on any atom is -0.485 e. The molecule has 0 amide bonds. The predicted molar refractivity (Wildman–Crippen MR) is 124 cm³/mol. The van der Waals surface area contributed by atoms with Crippen molar-refractivity contribution in [3.05, 3.63) is 50.5 Å². The number of benzene rings is 1. The van der Waals surface area contributed by atoms with Crippen LogP contribution in [0.25, 0.3) is 10.9 Å². The molecule has 170 valence electrons. The van der Waals surface area contributed by atoms with E-state index in [0.29, 0.717) is 42.0 Å². The summed E-state index contributed by atoms with van der Waals surface area (Å²) in [6.07, 6.45) is 8.23. The van der Waals surface area contributed by atoms with Gasteiger partial charge in [-0.05, 0) is 31.9 Å². The van der Waals surface area contributed by atoms with Crippen LogP contribution in [0.5, 0.6) is 11.5 Å². The summed E-state index contributed by atoms with van der Waals surface area (Å²) < 4.78 is 13.7. The third kappa shape index (κ3) is 6.09. The van der Waals surface area contributed by atoms with Gasteiger partial charge in [0.25, 0.3) is 11.2 Å². The Hall–Kier alpha value is -2.83. The third-order valence-corrected chi connectivity index (χ3v) is 5.26. The molecular weight excluding hydrogens is 396 g/mol. The van der Waals surface area contributed by atoms with Gasteiger partial charge in [-0.1, -0.05) is 46.5 Å². The fourth-order valence-corrected chi connectivity index (χ4v) is 3.43. The second kappa shape index (κ2) is 12.1. The molecular formula is C24H34N2O5. The van der Waals surface area contributed by atoms with Gasteiger partial charge in [0.2, 0.25) is 5.75 Å². The van der Waals surface area contributed by atoms with Gasteiger partial charge >= 0.3 is 0 Å². The maximum absolute atomic E-state index is 13.5. The van der Waals surface area contributed by atoms with Crippen LogP contribution in [0.15, 0.2) is 34.8 Å². The first-order valence-electron chi connectivity index (χ1n) is 11.3. The Morgan fingerprint density at radius 3 is 2.45 bits per heavy atom. The topological polar surface area (TPSA) is 83.6 Å². The molecule has 7 nitrogen and oxygen atoms in total. The molecule has 0 spiro atoms. The number of hydrogen-bond donors (Lipinski definition) is 0. The van der Waals surface area contributed by atoms with Crippen LogP contribution in [0.3, 0.4) is 0 Å². The number of fused-ring (bicyclic) bond motifs is 1. The van der Waals surface area contributed by atoms with Crippen molar-refractivity contribution in [3.63, 3.8) is 0 Å². The number of non-ortho nitro benzene ring substituents is 1. The highest BCUT2D eigenvalue weighted by molar-refractivity contribution is 5.89. The molecule has 1 aromatic carbocycles. The van der Waals surface area contributed by atoms with Crippen LogP contribution in [0.2, 0.25) is 0 Å². The Bertz CT molecular complexity index is 978. The highest BCUT2D eigenvalue weighted by Crippen LogP contribution is 2.36. The van der Waals surface area contributed by atoms with E-state index in [1.165, 1.54) is 12.1 Å². The van der Waals surface area contributed by atoms with E-state index in [-0.39, 0.29) is 17.0 Å². The predicted octanol–water partition coefficient (Wildman–Crippen LogP) is 6.36. The van der Waals surface area contributed by atoms with Gasteiger partial charge < -0.3 is 14.0 Å². The second-order valence-electron chi connectivity index (χ2n) is 7.55. The minimum atomic E-state index is -0.444. The number of nitro groups is 1. The van der Waals surface area contributed by atoms with Gasteiger partial charge in [0.15, 0.2) is 5.75 Å². The average molecular weight is 431 g/mol. The molecule has 1 aromatic heterocycles. The fourth-order valence-electron chi connectivity index (χ4n) is 3.43. The molecule has 2 rings (SSSR count). The average Bonchev–Trinajstić information content (AvgIpc) is 2.77.